The smallest absolute Gasteiger partial charge is 0.332 e. The van der Waals surface area contributed by atoms with Crippen molar-refractivity contribution in [3.63, 3.8) is 0 Å². The number of rotatable bonds is 5. The highest BCUT2D eigenvalue weighted by Crippen LogP contribution is 2.25. The van der Waals surface area contributed by atoms with Gasteiger partial charge < -0.3 is 9.88 Å². The topological polar surface area (TPSA) is 75.1 Å². The maximum Gasteiger partial charge on any atom is 0.406 e. The van der Waals surface area contributed by atoms with E-state index < -0.39 is 17.6 Å². The second-order valence-corrected chi connectivity index (χ2v) is 5.04. The summed E-state index contributed by atoms with van der Waals surface area (Å²) in [5, 5.41) is 11.0. The van der Waals surface area contributed by atoms with Gasteiger partial charge >= 0.3 is 6.18 Å². The van der Waals surface area contributed by atoms with Crippen molar-refractivity contribution in [3.8, 4) is 0 Å². The summed E-state index contributed by atoms with van der Waals surface area (Å²) in [5.74, 6) is 0.0299. The van der Waals surface area contributed by atoms with E-state index in [1.54, 1.807) is 0 Å². The van der Waals surface area contributed by atoms with E-state index in [4.69, 9.17) is 0 Å². The van der Waals surface area contributed by atoms with E-state index in [0.29, 0.717) is 16.4 Å². The van der Waals surface area contributed by atoms with Gasteiger partial charge in [-0.1, -0.05) is 15.9 Å². The van der Waals surface area contributed by atoms with Gasteiger partial charge in [-0.2, -0.15) is 13.2 Å². The summed E-state index contributed by atoms with van der Waals surface area (Å²) < 4.78 is 37.7. The maximum absolute atomic E-state index is 12.6. The molecule has 0 spiro atoms. The molecule has 0 radical (unpaired) electrons. The van der Waals surface area contributed by atoms with E-state index in [1.807, 2.05) is 0 Å². The van der Waals surface area contributed by atoms with Gasteiger partial charge in [0.15, 0.2) is 0 Å². The van der Waals surface area contributed by atoms with Crippen molar-refractivity contribution in [2.24, 2.45) is 0 Å². The van der Waals surface area contributed by atoms with Crippen LogP contribution in [0.25, 0.3) is 11.0 Å². The molecule has 0 saturated heterocycles. The number of alkyl halides is 4. The standard InChI is InChI=1S/C11H10BrF3N4O2/c12-3-4-18(6-11(13,14)15)10-16-8-2-1-7(19(20)21)5-9(8)17-10/h1-2,5H,3-4,6H2,(H,16,17). The predicted octanol–water partition coefficient (Wildman–Crippen LogP) is 3.23. The molecule has 114 valence electrons. The molecule has 1 N–H and O–H groups in total. The first kappa shape index (κ1) is 15.5. The Morgan fingerprint density at radius 1 is 1.43 bits per heavy atom. The summed E-state index contributed by atoms with van der Waals surface area (Å²) in [5.41, 5.74) is 0.541. The average molecular weight is 367 g/mol. The number of aromatic amines is 1. The van der Waals surface area contributed by atoms with Crippen LogP contribution in [0.5, 0.6) is 0 Å². The van der Waals surface area contributed by atoms with Gasteiger partial charge in [-0.3, -0.25) is 10.1 Å². The van der Waals surface area contributed by atoms with Gasteiger partial charge in [0, 0.05) is 24.0 Å². The van der Waals surface area contributed by atoms with E-state index in [0.717, 1.165) is 4.90 Å². The highest BCUT2D eigenvalue weighted by Gasteiger charge is 2.31. The number of benzene rings is 1. The van der Waals surface area contributed by atoms with Crippen LogP contribution in [0.1, 0.15) is 0 Å². The lowest BCUT2D eigenvalue weighted by Crippen LogP contribution is -2.36. The third kappa shape index (κ3) is 3.84. The normalized spacial score (nSPS) is 11.8. The lowest BCUT2D eigenvalue weighted by molar-refractivity contribution is -0.384. The molecular formula is C11H10BrF3N4O2. The minimum atomic E-state index is -4.37. The van der Waals surface area contributed by atoms with Gasteiger partial charge in [-0.25, -0.2) is 4.98 Å². The Balaban J connectivity index is 2.36. The predicted molar refractivity (Wildman–Crippen MR) is 74.8 cm³/mol. The van der Waals surface area contributed by atoms with Crippen molar-refractivity contribution in [2.45, 2.75) is 6.18 Å². The third-order valence-electron chi connectivity index (χ3n) is 2.69. The molecule has 0 atom stereocenters. The average Bonchev–Trinajstić information content (AvgIpc) is 2.79. The number of non-ortho nitro benzene ring substituents is 1. The molecule has 21 heavy (non-hydrogen) atoms. The Kier molecular flexibility index (Phi) is 4.35. The van der Waals surface area contributed by atoms with Crippen LogP contribution in [-0.4, -0.2) is 39.5 Å². The Morgan fingerprint density at radius 3 is 2.71 bits per heavy atom. The van der Waals surface area contributed by atoms with Gasteiger partial charge in [0.1, 0.15) is 6.54 Å². The molecular weight excluding hydrogens is 357 g/mol. The van der Waals surface area contributed by atoms with Crippen LogP contribution in [0, 0.1) is 10.1 Å². The largest absolute Gasteiger partial charge is 0.406 e. The first-order valence-corrected chi connectivity index (χ1v) is 6.94. The number of nitrogens with one attached hydrogen (secondary N) is 1. The lowest BCUT2D eigenvalue weighted by atomic mass is 10.3. The minimum absolute atomic E-state index is 0.0299. The van der Waals surface area contributed by atoms with E-state index in [2.05, 4.69) is 25.9 Å². The molecule has 0 amide bonds. The number of nitro groups is 1. The minimum Gasteiger partial charge on any atom is -0.332 e. The molecule has 0 saturated carbocycles. The summed E-state index contributed by atoms with van der Waals surface area (Å²) in [6.07, 6.45) is -4.37. The fourth-order valence-corrected chi connectivity index (χ4v) is 2.25. The van der Waals surface area contributed by atoms with E-state index in [1.165, 1.54) is 18.2 Å². The molecule has 0 unspecified atom stereocenters. The zero-order chi connectivity index (χ0) is 15.6. The summed E-state index contributed by atoms with van der Waals surface area (Å²) in [4.78, 5) is 17.9. The van der Waals surface area contributed by atoms with Crippen molar-refractivity contribution in [1.82, 2.24) is 9.97 Å². The summed E-state index contributed by atoms with van der Waals surface area (Å²) in [7, 11) is 0. The third-order valence-corrected chi connectivity index (χ3v) is 3.04. The number of nitrogens with zero attached hydrogens (tertiary/aromatic N) is 3. The number of H-pyrrole nitrogens is 1. The maximum atomic E-state index is 12.6. The first-order chi connectivity index (χ1) is 9.80. The van der Waals surface area contributed by atoms with E-state index in [-0.39, 0.29) is 18.2 Å². The SMILES string of the molecule is O=[N+]([O-])c1ccc2nc(N(CCBr)CC(F)(F)F)[nH]c2c1. The second kappa shape index (κ2) is 5.88. The molecule has 0 aliphatic rings. The Morgan fingerprint density at radius 2 is 2.14 bits per heavy atom. The monoisotopic (exact) mass is 366 g/mol. The summed E-state index contributed by atoms with van der Waals surface area (Å²) in [6, 6.07) is 3.89. The number of fused-ring (bicyclic) bond motifs is 1. The van der Waals surface area contributed by atoms with Crippen molar-refractivity contribution < 1.29 is 18.1 Å². The number of hydrogen-bond acceptors (Lipinski definition) is 4. The first-order valence-electron chi connectivity index (χ1n) is 5.82. The van der Waals surface area contributed by atoms with Crippen LogP contribution in [-0.2, 0) is 0 Å². The second-order valence-electron chi connectivity index (χ2n) is 4.24. The molecule has 2 rings (SSSR count). The van der Waals surface area contributed by atoms with Gasteiger partial charge in [0.05, 0.1) is 16.0 Å². The van der Waals surface area contributed by atoms with Crippen molar-refractivity contribution in [1.29, 1.82) is 0 Å². The highest BCUT2D eigenvalue weighted by molar-refractivity contribution is 9.09. The Hall–Kier alpha value is -1.84. The van der Waals surface area contributed by atoms with Gasteiger partial charge in [0.2, 0.25) is 5.95 Å². The summed E-state index contributed by atoms with van der Waals surface area (Å²) in [6.45, 7) is -1.05. The zero-order valence-corrected chi connectivity index (χ0v) is 12.1. The quantitative estimate of drug-likeness (QED) is 0.500. The molecule has 2 aromatic rings. The molecule has 1 aromatic heterocycles. The number of imidazole rings is 1. The molecule has 0 bridgehead atoms. The molecule has 0 aliphatic carbocycles. The zero-order valence-electron chi connectivity index (χ0n) is 10.5. The van der Waals surface area contributed by atoms with Crippen molar-refractivity contribution in [2.75, 3.05) is 23.3 Å². The van der Waals surface area contributed by atoms with Gasteiger partial charge in [0.25, 0.3) is 5.69 Å². The fourth-order valence-electron chi connectivity index (χ4n) is 1.83. The van der Waals surface area contributed by atoms with Crippen molar-refractivity contribution >= 4 is 38.6 Å². The molecule has 0 fully saturated rings. The number of halogens is 4. The van der Waals surface area contributed by atoms with Gasteiger partial charge in [-0.15, -0.1) is 0 Å². The van der Waals surface area contributed by atoms with Crippen molar-refractivity contribution in [3.05, 3.63) is 28.3 Å². The lowest BCUT2D eigenvalue weighted by Gasteiger charge is -2.22. The molecule has 10 heteroatoms. The number of nitro benzene ring substituents is 1. The van der Waals surface area contributed by atoms with E-state index in [9.17, 15) is 23.3 Å². The van der Waals surface area contributed by atoms with Gasteiger partial charge in [-0.05, 0) is 6.07 Å². The number of anilines is 1. The van der Waals surface area contributed by atoms with Crippen LogP contribution >= 0.6 is 15.9 Å². The molecule has 6 nitrogen and oxygen atoms in total. The molecule has 1 heterocycles. The van der Waals surface area contributed by atoms with Crippen LogP contribution in [0.15, 0.2) is 18.2 Å². The van der Waals surface area contributed by atoms with Crippen LogP contribution in [0.4, 0.5) is 24.8 Å². The van der Waals surface area contributed by atoms with Crippen LogP contribution in [0.2, 0.25) is 0 Å². The Bertz CT molecular complexity index is 658. The van der Waals surface area contributed by atoms with Crippen LogP contribution in [0.3, 0.4) is 0 Å². The highest BCUT2D eigenvalue weighted by atomic mass is 79.9. The number of aromatic nitrogens is 2. The van der Waals surface area contributed by atoms with E-state index >= 15 is 0 Å². The Labute approximate surface area is 125 Å². The fraction of sp³-hybridized carbons (Fsp3) is 0.364. The van der Waals surface area contributed by atoms with Crippen LogP contribution < -0.4 is 4.90 Å². The summed E-state index contributed by atoms with van der Waals surface area (Å²) >= 11 is 3.09. The number of hydrogen-bond donors (Lipinski definition) is 1. The molecule has 0 aliphatic heterocycles. The molecule has 1 aromatic carbocycles.